The quantitative estimate of drug-likeness (QED) is 0.372. The molecule has 1 aliphatic heterocycles. The van der Waals surface area contributed by atoms with Crippen LogP contribution in [0, 0.1) is 0 Å². The minimum absolute atomic E-state index is 0.231. The number of nitrogens with one attached hydrogen (secondary N) is 2. The van der Waals surface area contributed by atoms with Gasteiger partial charge in [-0.3, -0.25) is 0 Å². The molecule has 1 aliphatic rings. The number of likely N-dealkylation sites (tertiary alicyclic amines) is 1. The molecule has 1 saturated heterocycles. The van der Waals surface area contributed by atoms with Gasteiger partial charge in [0.15, 0.2) is 0 Å². The molecular weight excluding hydrogens is 458 g/mol. The van der Waals surface area contributed by atoms with E-state index in [0.717, 1.165) is 35.9 Å². The van der Waals surface area contributed by atoms with Crippen molar-refractivity contribution >= 4 is 32.5 Å². The first-order chi connectivity index (χ1) is 16.0. The first-order valence-electron chi connectivity index (χ1n) is 11.7. The molecule has 2 aromatic carbocycles. The number of halogens is 1. The van der Waals surface area contributed by atoms with Gasteiger partial charge >= 0.3 is 0 Å². The molecule has 0 unspecified atom stereocenters. The third kappa shape index (κ3) is 6.73. The van der Waals surface area contributed by atoms with Crippen LogP contribution in [0.3, 0.4) is 0 Å². The van der Waals surface area contributed by atoms with Crippen LogP contribution < -0.4 is 9.46 Å². The summed E-state index contributed by atoms with van der Waals surface area (Å²) in [5.41, 5.74) is 2.16. The van der Waals surface area contributed by atoms with Gasteiger partial charge in [-0.2, -0.15) is 0 Å². The lowest BCUT2D eigenvalue weighted by atomic mass is 10.1. The van der Waals surface area contributed by atoms with Crippen LogP contribution in [-0.2, 0) is 16.4 Å². The van der Waals surface area contributed by atoms with Crippen LogP contribution >= 0.6 is 11.6 Å². The number of sulfonamides is 1. The Balaban J connectivity index is 1.24. The van der Waals surface area contributed by atoms with E-state index in [1.54, 1.807) is 18.2 Å². The average molecular weight is 490 g/mol. The van der Waals surface area contributed by atoms with Crippen molar-refractivity contribution < 1.29 is 13.2 Å². The van der Waals surface area contributed by atoms with Crippen LogP contribution in [-0.4, -0.2) is 51.1 Å². The Kier molecular flexibility index (Phi) is 8.30. The van der Waals surface area contributed by atoms with Crippen LogP contribution in [0.1, 0.15) is 37.7 Å². The van der Waals surface area contributed by atoms with Gasteiger partial charge in [0.05, 0.1) is 11.5 Å². The van der Waals surface area contributed by atoms with Crippen molar-refractivity contribution in [3.8, 4) is 5.75 Å². The topological polar surface area (TPSA) is 74.4 Å². The van der Waals surface area contributed by atoms with Crippen LogP contribution in [0.4, 0.5) is 0 Å². The van der Waals surface area contributed by atoms with E-state index in [0.29, 0.717) is 30.3 Å². The average Bonchev–Trinajstić information content (AvgIpc) is 3.22. The molecule has 1 aromatic heterocycles. The number of H-pyrrole nitrogens is 1. The molecule has 0 spiro atoms. The molecule has 0 radical (unpaired) electrons. The largest absolute Gasteiger partial charge is 0.494 e. The van der Waals surface area contributed by atoms with Gasteiger partial charge in [0.25, 0.3) is 0 Å². The van der Waals surface area contributed by atoms with Crippen LogP contribution in [0.2, 0.25) is 5.02 Å². The Morgan fingerprint density at radius 2 is 1.91 bits per heavy atom. The van der Waals surface area contributed by atoms with Gasteiger partial charge in [-0.1, -0.05) is 24.1 Å². The van der Waals surface area contributed by atoms with E-state index in [9.17, 15) is 8.42 Å². The van der Waals surface area contributed by atoms with E-state index in [1.165, 1.54) is 32.4 Å². The van der Waals surface area contributed by atoms with Gasteiger partial charge in [0, 0.05) is 41.3 Å². The van der Waals surface area contributed by atoms with Gasteiger partial charge in [-0.25, -0.2) is 13.1 Å². The lowest BCUT2D eigenvalue weighted by Crippen LogP contribution is -2.31. The molecule has 0 atom stereocenters. The summed E-state index contributed by atoms with van der Waals surface area (Å²) in [6, 6.07) is 12.5. The van der Waals surface area contributed by atoms with Crippen LogP contribution in [0.25, 0.3) is 10.9 Å². The van der Waals surface area contributed by atoms with Crippen LogP contribution in [0.5, 0.6) is 5.75 Å². The molecule has 2 N–H and O–H groups in total. The van der Waals surface area contributed by atoms with Crippen molar-refractivity contribution in [3.63, 3.8) is 0 Å². The summed E-state index contributed by atoms with van der Waals surface area (Å²) in [7, 11) is -3.59. The standard InChI is InChI=1S/C25H32ClN3O3S/c26-21-10-11-25-24(17-21)20(19-27-25)7-5-12-28-33(30,31)23-9-4-8-22(18-23)32-16-6-15-29-13-2-1-3-14-29/h4,8-11,17-19,27-28H,1-3,5-7,12-16H2. The highest BCUT2D eigenvalue weighted by Crippen LogP contribution is 2.23. The van der Waals surface area contributed by atoms with Crippen molar-refractivity contribution in [2.75, 3.05) is 32.8 Å². The summed E-state index contributed by atoms with van der Waals surface area (Å²) >= 11 is 6.11. The SMILES string of the molecule is O=S(=O)(NCCCc1c[nH]c2ccc(Cl)cc12)c1cccc(OCCCN2CCCCC2)c1. The summed E-state index contributed by atoms with van der Waals surface area (Å²) in [5, 5.41) is 1.77. The number of fused-ring (bicyclic) bond motifs is 1. The number of nitrogens with zero attached hydrogens (tertiary/aromatic N) is 1. The van der Waals surface area contributed by atoms with E-state index in [-0.39, 0.29) is 4.90 Å². The first-order valence-corrected chi connectivity index (χ1v) is 13.6. The number of hydrogen-bond donors (Lipinski definition) is 2. The number of aromatic nitrogens is 1. The van der Waals surface area contributed by atoms with Gasteiger partial charge < -0.3 is 14.6 Å². The van der Waals surface area contributed by atoms with E-state index < -0.39 is 10.0 Å². The second kappa shape index (κ2) is 11.4. The van der Waals surface area contributed by atoms with E-state index in [1.807, 2.05) is 30.5 Å². The van der Waals surface area contributed by atoms with E-state index in [4.69, 9.17) is 16.3 Å². The van der Waals surface area contributed by atoms with E-state index in [2.05, 4.69) is 14.6 Å². The molecule has 6 nitrogen and oxygen atoms in total. The maximum absolute atomic E-state index is 12.7. The molecule has 8 heteroatoms. The molecule has 2 heterocycles. The zero-order valence-corrected chi connectivity index (χ0v) is 20.4. The number of benzene rings is 2. The van der Waals surface area contributed by atoms with Gasteiger partial charge in [-0.15, -0.1) is 0 Å². The highest BCUT2D eigenvalue weighted by atomic mass is 35.5. The molecule has 0 saturated carbocycles. The smallest absolute Gasteiger partial charge is 0.240 e. The van der Waals surface area contributed by atoms with Gasteiger partial charge in [0.1, 0.15) is 5.75 Å². The summed E-state index contributed by atoms with van der Waals surface area (Å²) in [5.74, 6) is 0.590. The maximum Gasteiger partial charge on any atom is 0.240 e. The predicted octanol–water partition coefficient (Wildman–Crippen LogP) is 4.99. The fraction of sp³-hybridized carbons (Fsp3) is 0.440. The number of hydrogen-bond acceptors (Lipinski definition) is 4. The Morgan fingerprint density at radius 1 is 1.06 bits per heavy atom. The van der Waals surface area contributed by atoms with Crippen molar-refractivity contribution in [2.45, 2.75) is 43.4 Å². The zero-order valence-electron chi connectivity index (χ0n) is 18.9. The van der Waals surface area contributed by atoms with Crippen molar-refractivity contribution in [2.24, 2.45) is 0 Å². The fourth-order valence-corrected chi connectivity index (χ4v) is 5.60. The molecule has 3 aromatic rings. The number of rotatable bonds is 11. The van der Waals surface area contributed by atoms with Crippen molar-refractivity contribution in [1.29, 1.82) is 0 Å². The predicted molar refractivity (Wildman–Crippen MR) is 134 cm³/mol. The van der Waals surface area contributed by atoms with Gasteiger partial charge in [0.2, 0.25) is 10.0 Å². The molecule has 0 bridgehead atoms. The Bertz CT molecular complexity index is 1160. The number of aryl methyl sites for hydroxylation is 1. The third-order valence-corrected chi connectivity index (χ3v) is 7.79. The molecular formula is C25H32ClN3O3S. The lowest BCUT2D eigenvalue weighted by molar-refractivity contribution is 0.205. The molecule has 0 amide bonds. The summed E-state index contributed by atoms with van der Waals surface area (Å²) < 4.78 is 34.0. The summed E-state index contributed by atoms with van der Waals surface area (Å²) in [6.07, 6.45) is 8.23. The monoisotopic (exact) mass is 489 g/mol. The number of aromatic amines is 1. The molecule has 1 fully saturated rings. The van der Waals surface area contributed by atoms with Crippen LogP contribution in [0.15, 0.2) is 53.6 Å². The number of ether oxygens (including phenoxy) is 1. The number of piperidine rings is 1. The Hall–Kier alpha value is -2.06. The lowest BCUT2D eigenvalue weighted by Gasteiger charge is -2.26. The highest BCUT2D eigenvalue weighted by molar-refractivity contribution is 7.89. The van der Waals surface area contributed by atoms with Crippen molar-refractivity contribution in [3.05, 3.63) is 59.2 Å². The summed E-state index contributed by atoms with van der Waals surface area (Å²) in [4.78, 5) is 5.94. The normalized spacial score (nSPS) is 15.2. The van der Waals surface area contributed by atoms with Gasteiger partial charge in [-0.05, 0) is 81.1 Å². The molecule has 178 valence electrons. The first kappa shape index (κ1) is 24.1. The Morgan fingerprint density at radius 3 is 2.76 bits per heavy atom. The maximum atomic E-state index is 12.7. The zero-order chi connectivity index (χ0) is 23.1. The second-order valence-corrected chi connectivity index (χ2v) is 10.8. The fourth-order valence-electron chi connectivity index (χ4n) is 4.32. The minimum Gasteiger partial charge on any atom is -0.494 e. The molecule has 33 heavy (non-hydrogen) atoms. The Labute approximate surface area is 201 Å². The molecule has 0 aliphatic carbocycles. The minimum atomic E-state index is -3.59. The highest BCUT2D eigenvalue weighted by Gasteiger charge is 2.15. The van der Waals surface area contributed by atoms with Crippen molar-refractivity contribution in [1.82, 2.24) is 14.6 Å². The van der Waals surface area contributed by atoms with E-state index >= 15 is 0 Å². The third-order valence-electron chi connectivity index (χ3n) is 6.10. The molecule has 4 rings (SSSR count). The summed E-state index contributed by atoms with van der Waals surface area (Å²) in [6.45, 7) is 4.32. The second-order valence-electron chi connectivity index (χ2n) is 8.58.